The molecule has 1 amide bonds. The van der Waals surface area contributed by atoms with Gasteiger partial charge in [-0.3, -0.25) is 14.6 Å². The first-order valence-corrected chi connectivity index (χ1v) is 10.2. The summed E-state index contributed by atoms with van der Waals surface area (Å²) < 4.78 is 0. The molecule has 0 aliphatic carbocycles. The molecule has 4 rings (SSSR count). The highest BCUT2D eigenvalue weighted by molar-refractivity contribution is 5.83. The van der Waals surface area contributed by atoms with Crippen molar-refractivity contribution in [2.75, 3.05) is 40.3 Å². The third-order valence-electron chi connectivity index (χ3n) is 6.32. The molecule has 0 spiro atoms. The number of carbonyl (C=O) groups excluding carboxylic acids is 1. The van der Waals surface area contributed by atoms with Crippen LogP contribution in [0.2, 0.25) is 0 Å². The molecule has 2 aromatic rings. The van der Waals surface area contributed by atoms with Gasteiger partial charge in [-0.05, 0) is 30.8 Å². The maximum absolute atomic E-state index is 13.5. The Hall–Kier alpha value is -2.17. The second-order valence-electron chi connectivity index (χ2n) is 9.02. The molecular weight excluding hydrogens is 346 g/mol. The van der Waals surface area contributed by atoms with Crippen molar-refractivity contribution in [2.45, 2.75) is 31.3 Å². The number of hydrogen-bond acceptors (Lipinski definition) is 3. The quantitative estimate of drug-likeness (QED) is 0.820. The zero-order valence-corrected chi connectivity index (χ0v) is 17.4. The first-order valence-electron chi connectivity index (χ1n) is 10.2. The lowest BCUT2D eigenvalue weighted by molar-refractivity contribution is -0.140. The monoisotopic (exact) mass is 377 g/mol. The van der Waals surface area contributed by atoms with E-state index >= 15 is 0 Å². The SMILES string of the molecule is CN(C)C(C(=O)N1CCN2CC(C)(C)c3ccccc3C2C1)c1ccccc1. The molecule has 1 saturated heterocycles. The van der Waals surface area contributed by atoms with E-state index in [1.807, 2.05) is 37.2 Å². The van der Waals surface area contributed by atoms with Crippen molar-refractivity contribution in [1.29, 1.82) is 0 Å². The van der Waals surface area contributed by atoms with Gasteiger partial charge in [0.2, 0.25) is 5.91 Å². The lowest BCUT2D eigenvalue weighted by atomic mass is 9.75. The molecule has 0 N–H and O–H groups in total. The molecule has 2 aliphatic heterocycles. The normalized spacial score (nSPS) is 22.5. The predicted octanol–water partition coefficient (Wildman–Crippen LogP) is 3.47. The van der Waals surface area contributed by atoms with E-state index in [4.69, 9.17) is 0 Å². The molecule has 2 aromatic carbocycles. The Balaban J connectivity index is 1.61. The van der Waals surface area contributed by atoms with Gasteiger partial charge in [0.25, 0.3) is 0 Å². The summed E-state index contributed by atoms with van der Waals surface area (Å²) >= 11 is 0. The van der Waals surface area contributed by atoms with E-state index in [-0.39, 0.29) is 17.4 Å². The van der Waals surface area contributed by atoms with Crippen LogP contribution >= 0.6 is 0 Å². The Morgan fingerprint density at radius 1 is 1.04 bits per heavy atom. The highest BCUT2D eigenvalue weighted by atomic mass is 16.2. The molecule has 0 aromatic heterocycles. The van der Waals surface area contributed by atoms with Gasteiger partial charge in [0.05, 0.1) is 6.04 Å². The van der Waals surface area contributed by atoms with Crippen molar-refractivity contribution in [3.63, 3.8) is 0 Å². The molecule has 28 heavy (non-hydrogen) atoms. The Bertz CT molecular complexity index is 846. The van der Waals surface area contributed by atoms with Gasteiger partial charge in [-0.2, -0.15) is 0 Å². The molecule has 0 radical (unpaired) electrons. The van der Waals surface area contributed by atoms with E-state index in [1.165, 1.54) is 11.1 Å². The minimum atomic E-state index is -0.233. The number of fused-ring (bicyclic) bond motifs is 3. The van der Waals surface area contributed by atoms with E-state index in [1.54, 1.807) is 0 Å². The molecule has 148 valence electrons. The summed E-state index contributed by atoms with van der Waals surface area (Å²) in [5, 5.41) is 0. The molecule has 1 fully saturated rings. The van der Waals surface area contributed by atoms with Gasteiger partial charge in [0.15, 0.2) is 0 Å². The van der Waals surface area contributed by atoms with Crippen LogP contribution in [0.5, 0.6) is 0 Å². The van der Waals surface area contributed by atoms with Gasteiger partial charge in [-0.15, -0.1) is 0 Å². The van der Waals surface area contributed by atoms with Gasteiger partial charge >= 0.3 is 0 Å². The van der Waals surface area contributed by atoms with Gasteiger partial charge in [0.1, 0.15) is 6.04 Å². The number of hydrogen-bond donors (Lipinski definition) is 0. The Labute approximate surface area is 168 Å². The van der Waals surface area contributed by atoms with Crippen LogP contribution < -0.4 is 0 Å². The van der Waals surface area contributed by atoms with E-state index in [2.05, 4.69) is 60.0 Å². The van der Waals surface area contributed by atoms with E-state index in [9.17, 15) is 4.79 Å². The minimum absolute atomic E-state index is 0.148. The Morgan fingerprint density at radius 3 is 2.43 bits per heavy atom. The smallest absolute Gasteiger partial charge is 0.244 e. The van der Waals surface area contributed by atoms with Crippen LogP contribution in [-0.2, 0) is 10.2 Å². The fraction of sp³-hybridized carbons (Fsp3) is 0.458. The third-order valence-corrected chi connectivity index (χ3v) is 6.32. The summed E-state index contributed by atoms with van der Waals surface area (Å²) in [6.45, 7) is 8.21. The number of carbonyl (C=O) groups is 1. The Kier molecular flexibility index (Phi) is 5.02. The summed E-state index contributed by atoms with van der Waals surface area (Å²) in [5.74, 6) is 0.207. The van der Waals surface area contributed by atoms with Gasteiger partial charge in [0, 0.05) is 31.6 Å². The number of rotatable bonds is 3. The van der Waals surface area contributed by atoms with Gasteiger partial charge in [-0.25, -0.2) is 0 Å². The molecule has 4 heteroatoms. The second-order valence-corrected chi connectivity index (χ2v) is 9.02. The summed E-state index contributed by atoms with van der Waals surface area (Å²) in [7, 11) is 3.98. The van der Waals surface area contributed by atoms with Crippen molar-refractivity contribution in [2.24, 2.45) is 0 Å². The van der Waals surface area contributed by atoms with Crippen LogP contribution in [0.1, 0.15) is 42.6 Å². The number of nitrogens with zero attached hydrogens (tertiary/aromatic N) is 3. The van der Waals surface area contributed by atoms with Crippen LogP contribution in [0.25, 0.3) is 0 Å². The highest BCUT2D eigenvalue weighted by Gasteiger charge is 2.42. The van der Waals surface area contributed by atoms with E-state index in [0.29, 0.717) is 6.04 Å². The van der Waals surface area contributed by atoms with Crippen LogP contribution in [0, 0.1) is 0 Å². The number of benzene rings is 2. The summed E-state index contributed by atoms with van der Waals surface area (Å²) in [5.41, 5.74) is 4.02. The standard InChI is InChI=1S/C24H31N3O/c1-24(2)17-27-15-14-26(16-21(27)19-12-8-9-13-20(19)24)23(28)22(25(3)4)18-10-6-5-7-11-18/h5-13,21-22H,14-17H2,1-4H3. The molecule has 0 bridgehead atoms. The zero-order chi connectivity index (χ0) is 19.9. The second kappa shape index (κ2) is 7.34. The lowest BCUT2D eigenvalue weighted by Gasteiger charge is -2.50. The topological polar surface area (TPSA) is 26.8 Å². The molecule has 2 aliphatic rings. The number of amides is 1. The van der Waals surface area contributed by atoms with Crippen LogP contribution in [-0.4, -0.2) is 60.9 Å². The van der Waals surface area contributed by atoms with Gasteiger partial charge in [-0.1, -0.05) is 68.4 Å². The van der Waals surface area contributed by atoms with E-state index in [0.717, 1.165) is 31.7 Å². The molecule has 2 atom stereocenters. The van der Waals surface area contributed by atoms with Crippen LogP contribution in [0.3, 0.4) is 0 Å². The van der Waals surface area contributed by atoms with Gasteiger partial charge < -0.3 is 4.90 Å². The fourth-order valence-corrected chi connectivity index (χ4v) is 4.97. The summed E-state index contributed by atoms with van der Waals surface area (Å²) in [6.07, 6.45) is 0. The first kappa shape index (κ1) is 19.2. The van der Waals surface area contributed by atoms with Crippen molar-refractivity contribution >= 4 is 5.91 Å². The minimum Gasteiger partial charge on any atom is -0.338 e. The molecule has 4 nitrogen and oxygen atoms in total. The fourth-order valence-electron chi connectivity index (χ4n) is 4.97. The number of likely N-dealkylation sites (N-methyl/N-ethyl adjacent to an activating group) is 1. The molecule has 0 saturated carbocycles. The molecule has 2 unspecified atom stereocenters. The van der Waals surface area contributed by atoms with E-state index < -0.39 is 0 Å². The molecular formula is C24H31N3O. The summed E-state index contributed by atoms with van der Waals surface area (Å²) in [6, 6.07) is 19.0. The van der Waals surface area contributed by atoms with Crippen LogP contribution in [0.15, 0.2) is 54.6 Å². The van der Waals surface area contributed by atoms with Crippen molar-refractivity contribution in [3.05, 3.63) is 71.3 Å². The predicted molar refractivity (Wildman–Crippen MR) is 113 cm³/mol. The highest BCUT2D eigenvalue weighted by Crippen LogP contribution is 2.41. The largest absolute Gasteiger partial charge is 0.338 e. The first-order chi connectivity index (χ1) is 13.4. The maximum atomic E-state index is 13.5. The summed E-state index contributed by atoms with van der Waals surface area (Å²) in [4.78, 5) is 20.2. The number of piperazine rings is 1. The Morgan fingerprint density at radius 2 is 1.71 bits per heavy atom. The maximum Gasteiger partial charge on any atom is 0.244 e. The van der Waals surface area contributed by atoms with Crippen molar-refractivity contribution in [1.82, 2.24) is 14.7 Å². The lowest BCUT2D eigenvalue weighted by Crippen LogP contribution is -2.57. The third kappa shape index (κ3) is 3.36. The van der Waals surface area contributed by atoms with Crippen LogP contribution in [0.4, 0.5) is 0 Å². The average molecular weight is 378 g/mol. The van der Waals surface area contributed by atoms with Crippen molar-refractivity contribution in [3.8, 4) is 0 Å². The average Bonchev–Trinajstić information content (AvgIpc) is 2.68. The molecule has 2 heterocycles. The zero-order valence-electron chi connectivity index (χ0n) is 17.4. The van der Waals surface area contributed by atoms with Crippen molar-refractivity contribution < 1.29 is 4.79 Å².